The van der Waals surface area contributed by atoms with Crippen LogP contribution in [0.3, 0.4) is 0 Å². The van der Waals surface area contributed by atoms with Crippen molar-refractivity contribution in [3.63, 3.8) is 0 Å². The second-order valence-corrected chi connectivity index (χ2v) is 6.45. The largest absolute Gasteiger partial charge is 0.312 e. The number of aryl methyl sites for hydroxylation is 1. The minimum atomic E-state index is -0.372. The van der Waals surface area contributed by atoms with Crippen molar-refractivity contribution in [2.24, 2.45) is 0 Å². The summed E-state index contributed by atoms with van der Waals surface area (Å²) in [6.45, 7) is 3.92. The van der Waals surface area contributed by atoms with E-state index in [9.17, 15) is 10.1 Å². The highest BCUT2D eigenvalue weighted by molar-refractivity contribution is 7.16. The zero-order valence-corrected chi connectivity index (χ0v) is 13.8. The highest BCUT2D eigenvalue weighted by atomic mass is 35.5. The molecule has 1 aromatic carbocycles. The molecule has 0 aliphatic carbocycles. The second kappa shape index (κ2) is 6.48. The summed E-state index contributed by atoms with van der Waals surface area (Å²) in [5, 5.41) is 13.3. The van der Waals surface area contributed by atoms with Gasteiger partial charge in [0, 0.05) is 9.90 Å². The highest BCUT2D eigenvalue weighted by Gasteiger charge is 2.18. The molecule has 0 aliphatic rings. The fraction of sp³-hybridized carbons (Fsp3) is 0.200. The van der Waals surface area contributed by atoms with E-state index in [0.29, 0.717) is 20.6 Å². The third-order valence-electron chi connectivity index (χ3n) is 3.07. The number of anilines is 1. The number of nitriles is 1. The van der Waals surface area contributed by atoms with Gasteiger partial charge in [-0.3, -0.25) is 4.79 Å². The quantitative estimate of drug-likeness (QED) is 0.851. The standard InChI is InChI=1S/C15H12Cl2N2OS/c1-3-10-8(2)21-15(12(10)7-18)19-14(20)11-6-9(16)4-5-13(11)17/h4-6H,3H2,1-2H3,(H,19,20). The Morgan fingerprint density at radius 2 is 2.14 bits per heavy atom. The van der Waals surface area contributed by atoms with Crippen molar-refractivity contribution in [3.8, 4) is 6.07 Å². The van der Waals surface area contributed by atoms with Gasteiger partial charge in [0.15, 0.2) is 0 Å². The molecule has 0 atom stereocenters. The maximum atomic E-state index is 12.3. The summed E-state index contributed by atoms with van der Waals surface area (Å²) in [5.41, 5.74) is 1.78. The van der Waals surface area contributed by atoms with Gasteiger partial charge in [-0.05, 0) is 37.1 Å². The first kappa shape index (κ1) is 15.8. The molecule has 21 heavy (non-hydrogen) atoms. The molecule has 1 heterocycles. The molecule has 0 unspecified atom stereocenters. The van der Waals surface area contributed by atoms with Gasteiger partial charge in [-0.15, -0.1) is 11.3 Å². The lowest BCUT2D eigenvalue weighted by Gasteiger charge is -2.06. The lowest BCUT2D eigenvalue weighted by Crippen LogP contribution is -2.12. The second-order valence-electron chi connectivity index (χ2n) is 4.38. The Kier molecular flexibility index (Phi) is 4.89. The lowest BCUT2D eigenvalue weighted by molar-refractivity contribution is 0.102. The number of nitrogens with zero attached hydrogens (tertiary/aromatic N) is 1. The van der Waals surface area contributed by atoms with Gasteiger partial charge in [0.25, 0.3) is 5.91 Å². The van der Waals surface area contributed by atoms with Gasteiger partial charge in [0.1, 0.15) is 11.1 Å². The van der Waals surface area contributed by atoms with Crippen molar-refractivity contribution >= 4 is 45.4 Å². The van der Waals surface area contributed by atoms with Gasteiger partial charge in [-0.25, -0.2) is 0 Å². The molecule has 3 nitrogen and oxygen atoms in total. The molecule has 0 spiro atoms. The van der Waals surface area contributed by atoms with E-state index in [1.165, 1.54) is 17.4 Å². The molecular formula is C15H12Cl2N2OS. The number of carbonyl (C=O) groups excluding carboxylic acids is 1. The van der Waals surface area contributed by atoms with Gasteiger partial charge in [-0.2, -0.15) is 5.26 Å². The lowest BCUT2D eigenvalue weighted by atomic mass is 10.1. The molecule has 6 heteroatoms. The zero-order valence-electron chi connectivity index (χ0n) is 11.5. The van der Waals surface area contributed by atoms with Crippen LogP contribution < -0.4 is 5.32 Å². The van der Waals surface area contributed by atoms with Crippen LogP contribution in [0.15, 0.2) is 18.2 Å². The minimum absolute atomic E-state index is 0.289. The Labute approximate surface area is 137 Å². The first-order valence-corrected chi connectivity index (χ1v) is 7.84. The maximum Gasteiger partial charge on any atom is 0.257 e. The van der Waals surface area contributed by atoms with E-state index >= 15 is 0 Å². The van der Waals surface area contributed by atoms with Crippen molar-refractivity contribution in [1.82, 2.24) is 0 Å². The van der Waals surface area contributed by atoms with E-state index in [1.54, 1.807) is 12.1 Å². The average Bonchev–Trinajstić information content (AvgIpc) is 2.75. The maximum absolute atomic E-state index is 12.3. The fourth-order valence-corrected chi connectivity index (χ4v) is 3.52. The average molecular weight is 339 g/mol. The summed E-state index contributed by atoms with van der Waals surface area (Å²) in [6, 6.07) is 6.85. The number of hydrogen-bond acceptors (Lipinski definition) is 3. The molecule has 0 bridgehead atoms. The molecule has 0 saturated carbocycles. The van der Waals surface area contributed by atoms with Crippen LogP contribution in [0.25, 0.3) is 0 Å². The van der Waals surface area contributed by atoms with Crippen molar-refractivity contribution in [3.05, 3.63) is 49.8 Å². The number of carbonyl (C=O) groups is 1. The van der Waals surface area contributed by atoms with E-state index in [-0.39, 0.29) is 11.5 Å². The van der Waals surface area contributed by atoms with Gasteiger partial charge in [-0.1, -0.05) is 30.1 Å². The monoisotopic (exact) mass is 338 g/mol. The molecule has 1 aromatic heterocycles. The molecule has 1 N–H and O–H groups in total. The Hall–Kier alpha value is -1.54. The molecule has 108 valence electrons. The van der Waals surface area contributed by atoms with Gasteiger partial charge >= 0.3 is 0 Å². The number of rotatable bonds is 3. The minimum Gasteiger partial charge on any atom is -0.312 e. The number of benzene rings is 1. The molecule has 0 radical (unpaired) electrons. The number of amides is 1. The first-order chi connectivity index (χ1) is 9.97. The first-order valence-electron chi connectivity index (χ1n) is 6.26. The normalized spacial score (nSPS) is 10.2. The predicted octanol–water partition coefficient (Wildman–Crippen LogP) is 5.05. The van der Waals surface area contributed by atoms with Gasteiger partial charge in [0.05, 0.1) is 16.1 Å². The number of thiophene rings is 1. The van der Waals surface area contributed by atoms with Crippen LogP contribution in [0.5, 0.6) is 0 Å². The van der Waals surface area contributed by atoms with Crippen LogP contribution in [-0.2, 0) is 6.42 Å². The summed E-state index contributed by atoms with van der Waals surface area (Å²) < 4.78 is 0. The van der Waals surface area contributed by atoms with E-state index < -0.39 is 0 Å². The van der Waals surface area contributed by atoms with Crippen molar-refractivity contribution < 1.29 is 4.79 Å². The molecule has 0 saturated heterocycles. The molecule has 2 rings (SSSR count). The number of halogens is 2. The zero-order chi connectivity index (χ0) is 15.6. The van der Waals surface area contributed by atoms with E-state index in [0.717, 1.165) is 16.9 Å². The van der Waals surface area contributed by atoms with Crippen LogP contribution in [0, 0.1) is 18.3 Å². The van der Waals surface area contributed by atoms with E-state index in [4.69, 9.17) is 23.2 Å². The summed E-state index contributed by atoms with van der Waals surface area (Å²) in [5.74, 6) is -0.372. The van der Waals surface area contributed by atoms with Gasteiger partial charge < -0.3 is 5.32 Å². The fourth-order valence-electron chi connectivity index (χ4n) is 2.05. The van der Waals surface area contributed by atoms with Crippen molar-refractivity contribution in [1.29, 1.82) is 5.26 Å². The molecule has 0 aliphatic heterocycles. The Morgan fingerprint density at radius 3 is 2.76 bits per heavy atom. The number of nitrogens with one attached hydrogen (secondary N) is 1. The summed E-state index contributed by atoms with van der Waals surface area (Å²) in [4.78, 5) is 13.3. The van der Waals surface area contributed by atoms with E-state index in [2.05, 4.69) is 11.4 Å². The Balaban J connectivity index is 2.37. The van der Waals surface area contributed by atoms with Crippen molar-refractivity contribution in [2.45, 2.75) is 20.3 Å². The Bertz CT molecular complexity index is 747. The van der Waals surface area contributed by atoms with Gasteiger partial charge in [0.2, 0.25) is 0 Å². The molecule has 2 aromatic rings. The van der Waals surface area contributed by atoms with Crippen LogP contribution in [0.2, 0.25) is 10.0 Å². The highest BCUT2D eigenvalue weighted by Crippen LogP contribution is 2.33. The third kappa shape index (κ3) is 3.21. The predicted molar refractivity (Wildman–Crippen MR) is 87.6 cm³/mol. The van der Waals surface area contributed by atoms with E-state index in [1.807, 2.05) is 13.8 Å². The topological polar surface area (TPSA) is 52.9 Å². The van der Waals surface area contributed by atoms with Crippen LogP contribution >= 0.6 is 34.5 Å². The third-order valence-corrected chi connectivity index (χ3v) is 4.70. The number of hydrogen-bond donors (Lipinski definition) is 1. The summed E-state index contributed by atoms with van der Waals surface area (Å²) in [6.07, 6.45) is 0.749. The summed E-state index contributed by atoms with van der Waals surface area (Å²) in [7, 11) is 0. The van der Waals surface area contributed by atoms with Crippen LogP contribution in [0.4, 0.5) is 5.00 Å². The summed E-state index contributed by atoms with van der Waals surface area (Å²) >= 11 is 13.3. The smallest absolute Gasteiger partial charge is 0.257 e. The molecular weight excluding hydrogens is 327 g/mol. The SMILES string of the molecule is CCc1c(C)sc(NC(=O)c2cc(Cl)ccc2Cl)c1C#N. The van der Waals surface area contributed by atoms with Crippen LogP contribution in [-0.4, -0.2) is 5.91 Å². The van der Waals surface area contributed by atoms with Crippen LogP contribution in [0.1, 0.15) is 33.3 Å². The molecule has 1 amide bonds. The molecule has 0 fully saturated rings. The van der Waals surface area contributed by atoms with Crippen molar-refractivity contribution in [2.75, 3.05) is 5.32 Å². The Morgan fingerprint density at radius 1 is 1.43 bits per heavy atom.